The lowest BCUT2D eigenvalue weighted by molar-refractivity contribution is 0.102. The second-order valence-corrected chi connectivity index (χ2v) is 7.43. The minimum absolute atomic E-state index is 0.162. The molecule has 27 heavy (non-hydrogen) atoms. The van der Waals surface area contributed by atoms with Crippen molar-refractivity contribution >= 4 is 22.8 Å². The number of anilines is 1. The number of benzene rings is 2. The van der Waals surface area contributed by atoms with Crippen molar-refractivity contribution < 1.29 is 9.32 Å². The van der Waals surface area contributed by atoms with Crippen LogP contribution in [0.4, 0.5) is 5.82 Å². The summed E-state index contributed by atoms with van der Waals surface area (Å²) >= 11 is 0. The largest absolute Gasteiger partial charge is 0.359 e. The molecule has 4 aromatic rings. The normalized spacial score (nSPS) is 11.7. The van der Waals surface area contributed by atoms with Crippen molar-refractivity contribution in [3.63, 3.8) is 0 Å². The fourth-order valence-electron chi connectivity index (χ4n) is 2.81. The van der Waals surface area contributed by atoms with Crippen LogP contribution in [0.25, 0.3) is 16.7 Å². The van der Waals surface area contributed by atoms with E-state index in [9.17, 15) is 4.79 Å². The Bertz CT molecular complexity index is 1100. The highest BCUT2D eigenvalue weighted by Crippen LogP contribution is 2.25. The summed E-state index contributed by atoms with van der Waals surface area (Å²) in [5, 5.41) is 6.69. The number of imidazole rings is 1. The lowest BCUT2D eigenvalue weighted by atomic mass is 9.93. The van der Waals surface area contributed by atoms with Crippen molar-refractivity contribution in [1.29, 1.82) is 0 Å². The van der Waals surface area contributed by atoms with Gasteiger partial charge in [0.25, 0.3) is 5.91 Å². The summed E-state index contributed by atoms with van der Waals surface area (Å²) in [6, 6.07) is 17.0. The summed E-state index contributed by atoms with van der Waals surface area (Å²) in [5.74, 6) is 0.903. The first-order valence-corrected chi connectivity index (χ1v) is 8.73. The van der Waals surface area contributed by atoms with Gasteiger partial charge in [0.15, 0.2) is 5.82 Å². The smallest absolute Gasteiger partial charge is 0.256 e. The average molecular weight is 360 g/mol. The van der Waals surface area contributed by atoms with Gasteiger partial charge in [-0.15, -0.1) is 0 Å². The van der Waals surface area contributed by atoms with Crippen LogP contribution >= 0.6 is 0 Å². The summed E-state index contributed by atoms with van der Waals surface area (Å²) in [7, 11) is 0. The van der Waals surface area contributed by atoms with Crippen LogP contribution in [0.3, 0.4) is 0 Å². The van der Waals surface area contributed by atoms with Gasteiger partial charge in [-0.05, 0) is 36.4 Å². The molecule has 6 nitrogen and oxygen atoms in total. The zero-order valence-corrected chi connectivity index (χ0v) is 15.4. The number of nitrogens with zero attached hydrogens (tertiary/aromatic N) is 3. The predicted molar refractivity (Wildman–Crippen MR) is 104 cm³/mol. The Kier molecular flexibility index (Phi) is 4.03. The molecule has 0 saturated carbocycles. The highest BCUT2D eigenvalue weighted by atomic mass is 16.5. The van der Waals surface area contributed by atoms with Gasteiger partial charge in [0.05, 0.1) is 11.0 Å². The number of amides is 1. The highest BCUT2D eigenvalue weighted by molar-refractivity contribution is 6.03. The van der Waals surface area contributed by atoms with Crippen molar-refractivity contribution in [2.75, 3.05) is 5.32 Å². The number of carbonyl (C=O) groups is 1. The van der Waals surface area contributed by atoms with E-state index >= 15 is 0 Å². The number of para-hydroxylation sites is 2. The molecular formula is C21H20N4O2. The first kappa shape index (κ1) is 17.0. The first-order chi connectivity index (χ1) is 12.9. The summed E-state index contributed by atoms with van der Waals surface area (Å²) in [6.45, 7) is 6.08. The fraction of sp³-hybridized carbons (Fsp3) is 0.190. The number of aromatic nitrogens is 3. The number of hydrogen-bond acceptors (Lipinski definition) is 4. The van der Waals surface area contributed by atoms with Gasteiger partial charge in [-0.1, -0.05) is 38.1 Å². The third kappa shape index (κ3) is 3.33. The van der Waals surface area contributed by atoms with E-state index in [0.29, 0.717) is 11.4 Å². The van der Waals surface area contributed by atoms with Gasteiger partial charge in [0, 0.05) is 22.7 Å². The topological polar surface area (TPSA) is 73.0 Å². The minimum Gasteiger partial charge on any atom is -0.359 e. The van der Waals surface area contributed by atoms with Crippen LogP contribution in [0.2, 0.25) is 0 Å². The van der Waals surface area contributed by atoms with Crippen molar-refractivity contribution in [1.82, 2.24) is 14.7 Å². The molecule has 0 fully saturated rings. The molecule has 0 aliphatic heterocycles. The molecule has 2 aromatic carbocycles. The van der Waals surface area contributed by atoms with E-state index in [1.54, 1.807) is 24.5 Å². The Morgan fingerprint density at radius 2 is 1.81 bits per heavy atom. The van der Waals surface area contributed by atoms with E-state index in [-0.39, 0.29) is 11.3 Å². The van der Waals surface area contributed by atoms with Gasteiger partial charge in [-0.3, -0.25) is 9.36 Å². The quantitative estimate of drug-likeness (QED) is 0.581. The molecule has 1 amide bonds. The number of rotatable bonds is 3. The van der Waals surface area contributed by atoms with Crippen LogP contribution in [0, 0.1) is 0 Å². The maximum atomic E-state index is 12.5. The Morgan fingerprint density at radius 1 is 1.07 bits per heavy atom. The van der Waals surface area contributed by atoms with Gasteiger partial charge in [0.1, 0.15) is 12.1 Å². The van der Waals surface area contributed by atoms with E-state index in [2.05, 4.69) is 15.5 Å². The molecule has 0 radical (unpaired) electrons. The number of nitrogens with one attached hydrogen (secondary N) is 1. The molecule has 0 unspecified atom stereocenters. The summed E-state index contributed by atoms with van der Waals surface area (Å²) in [5.41, 5.74) is 3.28. The van der Waals surface area contributed by atoms with Crippen LogP contribution in [0.1, 0.15) is 36.9 Å². The van der Waals surface area contributed by atoms with Crippen molar-refractivity contribution in [2.24, 2.45) is 0 Å². The van der Waals surface area contributed by atoms with Crippen LogP contribution < -0.4 is 5.32 Å². The lowest BCUT2D eigenvalue weighted by Crippen LogP contribution is -2.12. The molecule has 2 aromatic heterocycles. The van der Waals surface area contributed by atoms with Gasteiger partial charge in [-0.25, -0.2) is 4.98 Å². The maximum absolute atomic E-state index is 12.5. The summed E-state index contributed by atoms with van der Waals surface area (Å²) < 4.78 is 7.29. The molecule has 2 heterocycles. The van der Waals surface area contributed by atoms with E-state index in [0.717, 1.165) is 22.5 Å². The average Bonchev–Trinajstić information content (AvgIpc) is 3.28. The summed E-state index contributed by atoms with van der Waals surface area (Å²) in [4.78, 5) is 16.9. The highest BCUT2D eigenvalue weighted by Gasteiger charge is 2.20. The maximum Gasteiger partial charge on any atom is 0.256 e. The van der Waals surface area contributed by atoms with Crippen LogP contribution in [-0.2, 0) is 5.41 Å². The van der Waals surface area contributed by atoms with Gasteiger partial charge >= 0.3 is 0 Å². The van der Waals surface area contributed by atoms with Crippen LogP contribution in [-0.4, -0.2) is 20.6 Å². The van der Waals surface area contributed by atoms with Crippen molar-refractivity contribution in [3.05, 3.63) is 72.2 Å². The van der Waals surface area contributed by atoms with E-state index in [1.807, 2.05) is 61.7 Å². The van der Waals surface area contributed by atoms with Gasteiger partial charge in [-0.2, -0.15) is 0 Å². The second kappa shape index (κ2) is 6.39. The van der Waals surface area contributed by atoms with Gasteiger partial charge in [0.2, 0.25) is 0 Å². The van der Waals surface area contributed by atoms with E-state index < -0.39 is 0 Å². The molecule has 0 aliphatic carbocycles. The molecule has 6 heteroatoms. The standard InChI is InChI=1S/C21H20N4O2/c1-21(2,3)18-12-19(24-27-18)23-20(26)14-8-10-15(11-9-14)25-13-22-16-6-4-5-7-17(16)25/h4-13H,1-3H3,(H,23,24,26). The van der Waals surface area contributed by atoms with E-state index in [4.69, 9.17) is 4.52 Å². The summed E-state index contributed by atoms with van der Waals surface area (Å²) in [6.07, 6.45) is 1.78. The Balaban J connectivity index is 1.53. The van der Waals surface area contributed by atoms with Crippen LogP contribution in [0.15, 0.2) is 65.4 Å². The molecule has 0 aliphatic rings. The monoisotopic (exact) mass is 360 g/mol. The third-order valence-corrected chi connectivity index (χ3v) is 4.35. The third-order valence-electron chi connectivity index (χ3n) is 4.35. The molecule has 0 atom stereocenters. The molecule has 0 spiro atoms. The zero-order chi connectivity index (χ0) is 19.0. The molecule has 4 rings (SSSR count). The Hall–Kier alpha value is -3.41. The molecule has 136 valence electrons. The molecule has 0 bridgehead atoms. The number of fused-ring (bicyclic) bond motifs is 1. The Morgan fingerprint density at radius 3 is 2.52 bits per heavy atom. The van der Waals surface area contributed by atoms with Crippen molar-refractivity contribution in [3.8, 4) is 5.69 Å². The predicted octanol–water partition coefficient (Wildman–Crippen LogP) is 4.56. The Labute approximate surface area is 156 Å². The molecular weight excluding hydrogens is 340 g/mol. The van der Waals surface area contributed by atoms with Crippen molar-refractivity contribution in [2.45, 2.75) is 26.2 Å². The van der Waals surface area contributed by atoms with E-state index in [1.165, 1.54) is 0 Å². The second-order valence-electron chi connectivity index (χ2n) is 7.43. The van der Waals surface area contributed by atoms with Crippen LogP contribution in [0.5, 0.6) is 0 Å². The first-order valence-electron chi connectivity index (χ1n) is 8.73. The molecule has 0 saturated heterocycles. The lowest BCUT2D eigenvalue weighted by Gasteiger charge is -2.12. The minimum atomic E-state index is -0.231. The number of carbonyl (C=O) groups excluding carboxylic acids is 1. The number of hydrogen-bond donors (Lipinski definition) is 1. The SMILES string of the molecule is CC(C)(C)c1cc(NC(=O)c2ccc(-n3cnc4ccccc43)cc2)no1. The fourth-order valence-corrected chi connectivity index (χ4v) is 2.81. The molecule has 1 N–H and O–H groups in total. The van der Waals surface area contributed by atoms with Gasteiger partial charge < -0.3 is 9.84 Å². The zero-order valence-electron chi connectivity index (χ0n) is 15.4.